The molecule has 1 N–H and O–H groups in total. The number of hydrogen-bond acceptors (Lipinski definition) is 4. The molecule has 0 saturated carbocycles. The molecule has 0 radical (unpaired) electrons. The Kier molecular flexibility index (Phi) is 2.82. The summed E-state index contributed by atoms with van der Waals surface area (Å²) in [5.41, 5.74) is 0. The van der Waals surface area contributed by atoms with Crippen molar-refractivity contribution in [3.63, 3.8) is 0 Å². The lowest BCUT2D eigenvalue weighted by molar-refractivity contribution is 0.838. The van der Waals surface area contributed by atoms with Crippen LogP contribution in [0.2, 0.25) is 5.02 Å². The summed E-state index contributed by atoms with van der Waals surface area (Å²) in [7, 11) is 0. The van der Waals surface area contributed by atoms with Crippen molar-refractivity contribution in [1.29, 1.82) is 0 Å². The van der Waals surface area contributed by atoms with Crippen molar-refractivity contribution in [3.8, 4) is 5.82 Å². The van der Waals surface area contributed by atoms with E-state index in [9.17, 15) is 0 Å². The predicted molar refractivity (Wildman–Crippen MR) is 58.3 cm³/mol. The van der Waals surface area contributed by atoms with Gasteiger partial charge in [-0.1, -0.05) is 11.6 Å². The van der Waals surface area contributed by atoms with Crippen LogP contribution < -0.4 is 5.32 Å². The number of rotatable bonds is 3. The van der Waals surface area contributed by atoms with Crippen LogP contribution in [-0.4, -0.2) is 26.3 Å². The maximum Gasteiger partial charge on any atom is 0.174 e. The van der Waals surface area contributed by atoms with Crippen LogP contribution in [-0.2, 0) is 0 Å². The summed E-state index contributed by atoms with van der Waals surface area (Å²) < 4.78 is 1.58. The third kappa shape index (κ3) is 2.24. The lowest BCUT2D eigenvalue weighted by Crippen LogP contribution is -2.04. The molecule has 5 nitrogen and oxygen atoms in total. The summed E-state index contributed by atoms with van der Waals surface area (Å²) in [5.74, 6) is 1.36. The lowest BCUT2D eigenvalue weighted by Gasteiger charge is -2.03. The molecule has 0 aliphatic carbocycles. The zero-order valence-corrected chi connectivity index (χ0v) is 8.94. The van der Waals surface area contributed by atoms with Crippen molar-refractivity contribution < 1.29 is 0 Å². The van der Waals surface area contributed by atoms with Crippen molar-refractivity contribution in [1.82, 2.24) is 19.7 Å². The minimum atomic E-state index is 0.575. The molecule has 0 fully saturated rings. The van der Waals surface area contributed by atoms with Gasteiger partial charge < -0.3 is 5.32 Å². The molecule has 2 heterocycles. The van der Waals surface area contributed by atoms with Crippen molar-refractivity contribution in [2.75, 3.05) is 11.9 Å². The summed E-state index contributed by atoms with van der Waals surface area (Å²) in [6.45, 7) is 2.80. The second-order valence-corrected chi connectivity index (χ2v) is 3.33. The second kappa shape index (κ2) is 4.27. The molecule has 0 aliphatic heterocycles. The fourth-order valence-electron chi connectivity index (χ4n) is 1.16. The molecule has 0 amide bonds. The molecule has 0 unspecified atom stereocenters. The Labute approximate surface area is 92.1 Å². The van der Waals surface area contributed by atoms with Crippen LogP contribution in [0.3, 0.4) is 0 Å². The first kappa shape index (κ1) is 9.92. The highest BCUT2D eigenvalue weighted by Crippen LogP contribution is 2.10. The van der Waals surface area contributed by atoms with Crippen LogP contribution in [0, 0.1) is 0 Å². The zero-order chi connectivity index (χ0) is 10.7. The molecule has 0 spiro atoms. The average molecular weight is 224 g/mol. The van der Waals surface area contributed by atoms with E-state index < -0.39 is 0 Å². The van der Waals surface area contributed by atoms with Gasteiger partial charge >= 0.3 is 0 Å². The predicted octanol–water partition coefficient (Wildman–Crippen LogP) is 1.75. The van der Waals surface area contributed by atoms with E-state index in [0.29, 0.717) is 10.8 Å². The van der Waals surface area contributed by atoms with Crippen molar-refractivity contribution in [2.24, 2.45) is 0 Å². The standard InChI is InChI=1S/C9H10ClN5/c1-2-12-8-4-11-5-9(14-8)15-6-7(10)3-13-15/h3-6H,2H2,1H3,(H,12,14). The van der Waals surface area contributed by atoms with Gasteiger partial charge in [-0.15, -0.1) is 0 Å². The summed E-state index contributed by atoms with van der Waals surface area (Å²) in [4.78, 5) is 8.37. The molecule has 2 aromatic rings. The largest absolute Gasteiger partial charge is 0.369 e. The van der Waals surface area contributed by atoms with Crippen LogP contribution in [0.15, 0.2) is 24.8 Å². The van der Waals surface area contributed by atoms with E-state index >= 15 is 0 Å². The Bertz CT molecular complexity index is 453. The van der Waals surface area contributed by atoms with E-state index in [1.54, 1.807) is 29.5 Å². The molecule has 0 atom stereocenters. The van der Waals surface area contributed by atoms with E-state index in [1.807, 2.05) is 6.92 Å². The summed E-state index contributed by atoms with van der Waals surface area (Å²) >= 11 is 5.76. The van der Waals surface area contributed by atoms with Gasteiger partial charge in [0.15, 0.2) is 5.82 Å². The van der Waals surface area contributed by atoms with Gasteiger partial charge in [0, 0.05) is 6.54 Å². The van der Waals surface area contributed by atoms with E-state index in [1.165, 1.54) is 0 Å². The average Bonchev–Trinajstić information content (AvgIpc) is 2.66. The first-order valence-corrected chi connectivity index (χ1v) is 4.94. The van der Waals surface area contributed by atoms with Gasteiger partial charge in [0.25, 0.3) is 0 Å². The third-order valence-corrected chi connectivity index (χ3v) is 1.96. The highest BCUT2D eigenvalue weighted by Gasteiger charge is 2.01. The van der Waals surface area contributed by atoms with Gasteiger partial charge in [-0.05, 0) is 6.92 Å². The molecular weight excluding hydrogens is 214 g/mol. The number of hydrogen-bond donors (Lipinski definition) is 1. The maximum absolute atomic E-state index is 5.76. The quantitative estimate of drug-likeness (QED) is 0.862. The summed E-state index contributed by atoms with van der Waals surface area (Å²) in [6, 6.07) is 0. The van der Waals surface area contributed by atoms with E-state index in [-0.39, 0.29) is 0 Å². The van der Waals surface area contributed by atoms with Gasteiger partial charge in [-0.2, -0.15) is 5.10 Å². The molecule has 0 aromatic carbocycles. The van der Waals surface area contributed by atoms with Gasteiger partial charge in [0.1, 0.15) is 5.82 Å². The highest BCUT2D eigenvalue weighted by molar-refractivity contribution is 6.30. The summed E-state index contributed by atoms with van der Waals surface area (Å²) in [5, 5.41) is 7.69. The highest BCUT2D eigenvalue weighted by atomic mass is 35.5. The van der Waals surface area contributed by atoms with Crippen LogP contribution in [0.25, 0.3) is 5.82 Å². The topological polar surface area (TPSA) is 55.6 Å². The van der Waals surface area contributed by atoms with Crippen molar-refractivity contribution in [2.45, 2.75) is 6.92 Å². The van der Waals surface area contributed by atoms with Crippen LogP contribution in [0.1, 0.15) is 6.92 Å². The molecule has 0 aliphatic rings. The first-order chi connectivity index (χ1) is 7.29. The van der Waals surface area contributed by atoms with Gasteiger partial charge in [-0.3, -0.25) is 4.98 Å². The SMILES string of the molecule is CCNc1cncc(-n2cc(Cl)cn2)n1. The Morgan fingerprint density at radius 2 is 2.27 bits per heavy atom. The second-order valence-electron chi connectivity index (χ2n) is 2.90. The molecule has 6 heteroatoms. The molecule has 2 rings (SSSR count). The molecule has 0 saturated heterocycles. The molecular formula is C9H10ClN5. The first-order valence-electron chi connectivity index (χ1n) is 4.56. The Balaban J connectivity index is 2.32. The minimum Gasteiger partial charge on any atom is -0.369 e. The maximum atomic E-state index is 5.76. The number of nitrogens with one attached hydrogen (secondary N) is 1. The van der Waals surface area contributed by atoms with Crippen molar-refractivity contribution >= 4 is 17.4 Å². The minimum absolute atomic E-state index is 0.575. The molecule has 15 heavy (non-hydrogen) atoms. The Morgan fingerprint density at radius 3 is 2.93 bits per heavy atom. The van der Waals surface area contributed by atoms with Crippen LogP contribution in [0.4, 0.5) is 5.82 Å². The third-order valence-electron chi connectivity index (χ3n) is 1.77. The Hall–Kier alpha value is -1.62. The van der Waals surface area contributed by atoms with Crippen molar-refractivity contribution in [3.05, 3.63) is 29.8 Å². The number of anilines is 1. The van der Waals surface area contributed by atoms with E-state index in [4.69, 9.17) is 11.6 Å². The fraction of sp³-hybridized carbons (Fsp3) is 0.222. The van der Waals surface area contributed by atoms with Crippen LogP contribution in [0.5, 0.6) is 0 Å². The smallest absolute Gasteiger partial charge is 0.174 e. The molecule has 78 valence electrons. The van der Waals surface area contributed by atoms with Gasteiger partial charge in [0.2, 0.25) is 0 Å². The number of nitrogens with zero attached hydrogens (tertiary/aromatic N) is 4. The normalized spacial score (nSPS) is 10.3. The number of halogens is 1. The van der Waals surface area contributed by atoms with Crippen LogP contribution >= 0.6 is 11.6 Å². The van der Waals surface area contributed by atoms with E-state index in [0.717, 1.165) is 12.4 Å². The molecule has 2 aromatic heterocycles. The van der Waals surface area contributed by atoms with Gasteiger partial charge in [0.05, 0.1) is 29.8 Å². The van der Waals surface area contributed by atoms with E-state index in [2.05, 4.69) is 20.4 Å². The number of aromatic nitrogens is 4. The summed E-state index contributed by atoms with van der Waals surface area (Å²) in [6.07, 6.45) is 6.53. The monoisotopic (exact) mass is 223 g/mol. The zero-order valence-electron chi connectivity index (χ0n) is 8.18. The fourth-order valence-corrected chi connectivity index (χ4v) is 1.29. The molecule has 0 bridgehead atoms. The Morgan fingerprint density at radius 1 is 1.40 bits per heavy atom. The lowest BCUT2D eigenvalue weighted by atomic mass is 10.6. The van der Waals surface area contributed by atoms with Gasteiger partial charge in [-0.25, -0.2) is 9.67 Å².